The molecule has 2 N–H and O–H groups in total. The average molecular weight is 433 g/mol. The van der Waals surface area contributed by atoms with Crippen LogP contribution in [0.1, 0.15) is 47.8 Å². The van der Waals surface area contributed by atoms with E-state index >= 15 is 0 Å². The minimum Gasteiger partial charge on any atom is -0.349 e. The number of hydrogen-bond donors (Lipinski definition) is 2. The zero-order valence-electron chi connectivity index (χ0n) is 16.6. The molecule has 29 heavy (non-hydrogen) atoms. The van der Waals surface area contributed by atoms with Gasteiger partial charge in [0.25, 0.3) is 5.91 Å². The van der Waals surface area contributed by atoms with Crippen molar-refractivity contribution in [3.05, 3.63) is 52.2 Å². The third-order valence-electron chi connectivity index (χ3n) is 6.46. The number of hydrogen-bond acceptors (Lipinski definition) is 4. The van der Waals surface area contributed by atoms with Crippen LogP contribution in [0.2, 0.25) is 0 Å². The molecule has 2 fully saturated rings. The minimum atomic E-state index is -3.57. The standard InChI is InChI=1S/C22H28N2O3S2/c1-15(21-14-16-4-5-18(21)13-16)24-22(25)17-6-8-20(9-7-17)29(26,27)23-11-10-19-3-2-12-28-19/h2-3,6-9,12,15-16,18,21,23H,4-5,10-11,13-14H2,1H3,(H,24,25). The molecule has 1 aromatic heterocycles. The normalized spacial score (nSPS) is 24.5. The molecule has 2 aliphatic rings. The number of carbonyl (C=O) groups excluding carboxylic acids is 1. The molecular formula is C22H28N2O3S2. The molecule has 0 spiro atoms. The van der Waals surface area contributed by atoms with E-state index in [0.717, 1.165) is 16.7 Å². The molecule has 4 rings (SSSR count). The first-order chi connectivity index (χ1) is 13.9. The third-order valence-corrected chi connectivity index (χ3v) is 8.88. The summed E-state index contributed by atoms with van der Waals surface area (Å²) < 4.78 is 27.5. The predicted octanol–water partition coefficient (Wildman–Crippen LogP) is 3.82. The fourth-order valence-electron chi connectivity index (χ4n) is 4.94. The molecule has 4 atom stereocenters. The highest BCUT2D eigenvalue weighted by molar-refractivity contribution is 7.89. The van der Waals surface area contributed by atoms with Crippen molar-refractivity contribution in [1.29, 1.82) is 0 Å². The second kappa shape index (κ2) is 8.58. The van der Waals surface area contributed by atoms with Crippen LogP contribution in [0.25, 0.3) is 0 Å². The predicted molar refractivity (Wildman–Crippen MR) is 116 cm³/mol. The topological polar surface area (TPSA) is 75.3 Å². The van der Waals surface area contributed by atoms with Crippen molar-refractivity contribution in [2.75, 3.05) is 6.54 Å². The highest BCUT2D eigenvalue weighted by atomic mass is 32.2. The Labute approximate surface area is 177 Å². The SMILES string of the molecule is CC(NC(=O)c1ccc(S(=O)(=O)NCCc2cccs2)cc1)C1CC2CCC1C2. The molecule has 0 aliphatic heterocycles. The van der Waals surface area contributed by atoms with E-state index in [1.165, 1.54) is 37.8 Å². The number of sulfonamides is 1. The van der Waals surface area contributed by atoms with Gasteiger partial charge in [-0.15, -0.1) is 11.3 Å². The van der Waals surface area contributed by atoms with Gasteiger partial charge in [-0.05, 0) is 86.1 Å². The van der Waals surface area contributed by atoms with E-state index in [4.69, 9.17) is 0 Å². The monoisotopic (exact) mass is 432 g/mol. The molecule has 2 saturated carbocycles. The van der Waals surface area contributed by atoms with Crippen molar-refractivity contribution in [3.8, 4) is 0 Å². The maximum Gasteiger partial charge on any atom is 0.251 e. The fraction of sp³-hybridized carbons (Fsp3) is 0.500. The van der Waals surface area contributed by atoms with E-state index in [1.54, 1.807) is 23.5 Å². The smallest absolute Gasteiger partial charge is 0.251 e. The van der Waals surface area contributed by atoms with Crippen molar-refractivity contribution < 1.29 is 13.2 Å². The number of fused-ring (bicyclic) bond motifs is 2. The Morgan fingerprint density at radius 1 is 1.17 bits per heavy atom. The summed E-state index contributed by atoms with van der Waals surface area (Å²) in [6.45, 7) is 2.45. The van der Waals surface area contributed by atoms with Gasteiger partial charge in [0.05, 0.1) is 4.90 Å². The van der Waals surface area contributed by atoms with Gasteiger partial charge in [-0.1, -0.05) is 12.5 Å². The molecule has 4 unspecified atom stereocenters. The summed E-state index contributed by atoms with van der Waals surface area (Å²) in [7, 11) is -3.57. The van der Waals surface area contributed by atoms with Crippen LogP contribution < -0.4 is 10.0 Å². The van der Waals surface area contributed by atoms with Crippen molar-refractivity contribution >= 4 is 27.3 Å². The highest BCUT2D eigenvalue weighted by Gasteiger charge is 2.42. The van der Waals surface area contributed by atoms with Crippen LogP contribution in [0, 0.1) is 17.8 Å². The lowest BCUT2D eigenvalue weighted by Crippen LogP contribution is -2.40. The number of benzene rings is 1. The lowest BCUT2D eigenvalue weighted by Gasteiger charge is -2.28. The molecular weight excluding hydrogens is 404 g/mol. The van der Waals surface area contributed by atoms with Gasteiger partial charge >= 0.3 is 0 Å². The Balaban J connectivity index is 1.32. The Morgan fingerprint density at radius 2 is 1.97 bits per heavy atom. The number of nitrogens with one attached hydrogen (secondary N) is 2. The lowest BCUT2D eigenvalue weighted by atomic mass is 9.84. The zero-order chi connectivity index (χ0) is 20.4. The minimum absolute atomic E-state index is 0.130. The Morgan fingerprint density at radius 3 is 2.59 bits per heavy atom. The van der Waals surface area contributed by atoms with E-state index in [2.05, 4.69) is 17.0 Å². The van der Waals surface area contributed by atoms with E-state index < -0.39 is 10.0 Å². The van der Waals surface area contributed by atoms with E-state index in [9.17, 15) is 13.2 Å². The van der Waals surface area contributed by atoms with Gasteiger partial charge < -0.3 is 5.32 Å². The average Bonchev–Trinajstić information content (AvgIpc) is 3.46. The quantitative estimate of drug-likeness (QED) is 0.666. The van der Waals surface area contributed by atoms with Gasteiger partial charge in [-0.25, -0.2) is 13.1 Å². The van der Waals surface area contributed by atoms with E-state index in [-0.39, 0.29) is 16.8 Å². The van der Waals surface area contributed by atoms with Crippen LogP contribution in [0.15, 0.2) is 46.7 Å². The summed E-state index contributed by atoms with van der Waals surface area (Å²) in [5.41, 5.74) is 0.498. The first kappa shape index (κ1) is 20.6. The number of amides is 1. The Bertz CT molecular complexity index is 939. The van der Waals surface area contributed by atoms with Crippen LogP contribution in [-0.2, 0) is 16.4 Å². The van der Waals surface area contributed by atoms with Crippen molar-refractivity contribution in [3.63, 3.8) is 0 Å². The zero-order valence-corrected chi connectivity index (χ0v) is 18.3. The van der Waals surface area contributed by atoms with Crippen molar-refractivity contribution in [2.45, 2.75) is 50.0 Å². The van der Waals surface area contributed by atoms with E-state index in [0.29, 0.717) is 24.4 Å². The van der Waals surface area contributed by atoms with Crippen molar-refractivity contribution in [2.24, 2.45) is 17.8 Å². The number of carbonyl (C=O) groups is 1. The Kier molecular flexibility index (Phi) is 6.08. The maximum atomic E-state index is 12.6. The maximum absolute atomic E-state index is 12.6. The van der Waals surface area contributed by atoms with Gasteiger partial charge in [0.2, 0.25) is 10.0 Å². The third kappa shape index (κ3) is 4.73. The summed E-state index contributed by atoms with van der Waals surface area (Å²) >= 11 is 1.61. The Hall–Kier alpha value is -1.70. The molecule has 2 aromatic rings. The summed E-state index contributed by atoms with van der Waals surface area (Å²) in [5.74, 6) is 2.05. The first-order valence-corrected chi connectivity index (χ1v) is 12.7. The highest BCUT2D eigenvalue weighted by Crippen LogP contribution is 2.49. The summed E-state index contributed by atoms with van der Waals surface area (Å²) in [4.78, 5) is 13.9. The van der Waals surface area contributed by atoms with Crippen LogP contribution >= 0.6 is 11.3 Å². The summed E-state index contributed by atoms with van der Waals surface area (Å²) in [6.07, 6.45) is 5.84. The largest absolute Gasteiger partial charge is 0.349 e. The molecule has 7 heteroatoms. The van der Waals surface area contributed by atoms with Gasteiger partial charge in [-0.3, -0.25) is 4.79 Å². The van der Waals surface area contributed by atoms with Gasteiger partial charge in [-0.2, -0.15) is 0 Å². The summed E-state index contributed by atoms with van der Waals surface area (Å²) in [6, 6.07) is 10.3. The van der Waals surface area contributed by atoms with Crippen molar-refractivity contribution in [1.82, 2.24) is 10.0 Å². The van der Waals surface area contributed by atoms with E-state index in [1.807, 2.05) is 17.5 Å². The molecule has 1 heterocycles. The molecule has 2 bridgehead atoms. The van der Waals surface area contributed by atoms with Crippen LogP contribution in [-0.4, -0.2) is 26.9 Å². The molecule has 5 nitrogen and oxygen atoms in total. The van der Waals surface area contributed by atoms with Crippen LogP contribution in [0.5, 0.6) is 0 Å². The van der Waals surface area contributed by atoms with Gasteiger partial charge in [0.15, 0.2) is 0 Å². The van der Waals surface area contributed by atoms with Gasteiger partial charge in [0.1, 0.15) is 0 Å². The molecule has 1 aromatic carbocycles. The van der Waals surface area contributed by atoms with Crippen LogP contribution in [0.4, 0.5) is 0 Å². The lowest BCUT2D eigenvalue weighted by molar-refractivity contribution is 0.0915. The van der Waals surface area contributed by atoms with Crippen LogP contribution in [0.3, 0.4) is 0 Å². The molecule has 0 radical (unpaired) electrons. The second-order valence-corrected chi connectivity index (χ2v) is 11.2. The van der Waals surface area contributed by atoms with Gasteiger partial charge in [0, 0.05) is 23.0 Å². The second-order valence-electron chi connectivity index (χ2n) is 8.35. The number of thiophene rings is 1. The molecule has 156 valence electrons. The number of rotatable bonds is 8. The molecule has 2 aliphatic carbocycles. The first-order valence-electron chi connectivity index (χ1n) is 10.4. The molecule has 0 saturated heterocycles. The summed E-state index contributed by atoms with van der Waals surface area (Å²) in [5, 5.41) is 5.11. The molecule has 1 amide bonds. The fourth-order valence-corrected chi connectivity index (χ4v) is 6.68.